The van der Waals surface area contributed by atoms with E-state index in [1.807, 2.05) is 13.1 Å². The third-order valence-electron chi connectivity index (χ3n) is 6.43. The van der Waals surface area contributed by atoms with Gasteiger partial charge in [0.1, 0.15) is 11.4 Å². The third-order valence-corrected chi connectivity index (χ3v) is 7.79. The fourth-order valence-corrected chi connectivity index (χ4v) is 5.86. The summed E-state index contributed by atoms with van der Waals surface area (Å²) >= 11 is 1.66. The monoisotopic (exact) mass is 400 g/mol. The zero-order chi connectivity index (χ0) is 19.1. The largest absolute Gasteiger partial charge is 0.369 e. The molecule has 1 spiro atoms. The van der Waals surface area contributed by atoms with Gasteiger partial charge in [0.15, 0.2) is 0 Å². The number of imidazole rings is 1. The maximum absolute atomic E-state index is 12.6. The molecule has 2 N–H and O–H groups in total. The molecule has 2 fully saturated rings. The molecule has 0 atom stereocenters. The molecule has 150 valence electrons. The van der Waals surface area contributed by atoms with E-state index in [1.165, 1.54) is 16.9 Å². The summed E-state index contributed by atoms with van der Waals surface area (Å²) in [4.78, 5) is 25.0. The number of ether oxygens (including phenoxy) is 1. The molecule has 28 heavy (non-hydrogen) atoms. The summed E-state index contributed by atoms with van der Waals surface area (Å²) < 4.78 is 6.37. The summed E-state index contributed by atoms with van der Waals surface area (Å²) in [6, 6.07) is 2.50. The van der Waals surface area contributed by atoms with Crippen LogP contribution in [0, 0.1) is 6.92 Å². The number of aryl methyl sites for hydroxylation is 1. The van der Waals surface area contributed by atoms with Crippen molar-refractivity contribution in [3.8, 4) is 0 Å². The standard InChI is InChI=1S/C21H28N4O2S/c1-14-12-22-18(23-14)13-25-8-6-21(7-9-25)19-15(5-10-27-21)11-17(28-19)20(26)24-16-3-2-4-16/h11-12,16H,2-10,13H2,1H3,(H,22,23)(H,24,26). The SMILES string of the molecule is Cc1cnc(CN2CCC3(CC2)OCCc2cc(C(=O)NC4CCC4)sc23)[nH]1. The quantitative estimate of drug-likeness (QED) is 0.827. The van der Waals surface area contributed by atoms with Gasteiger partial charge in [0, 0.05) is 35.9 Å². The van der Waals surface area contributed by atoms with Gasteiger partial charge in [-0.2, -0.15) is 0 Å². The Morgan fingerprint density at radius 1 is 1.43 bits per heavy atom. The summed E-state index contributed by atoms with van der Waals surface area (Å²) in [6.45, 7) is 5.62. The van der Waals surface area contributed by atoms with E-state index in [9.17, 15) is 4.79 Å². The molecule has 2 aromatic heterocycles. The second-order valence-corrected chi connectivity index (χ2v) is 9.50. The highest BCUT2D eigenvalue weighted by Gasteiger charge is 2.43. The maximum atomic E-state index is 12.6. The van der Waals surface area contributed by atoms with Crippen molar-refractivity contribution in [2.24, 2.45) is 0 Å². The van der Waals surface area contributed by atoms with E-state index in [1.54, 1.807) is 11.3 Å². The molecular formula is C21H28N4O2S. The number of carbonyl (C=O) groups excluding carboxylic acids is 1. The Kier molecular flexibility index (Phi) is 4.77. The van der Waals surface area contributed by atoms with Gasteiger partial charge in [-0.15, -0.1) is 11.3 Å². The number of amides is 1. The van der Waals surface area contributed by atoms with Crippen molar-refractivity contribution in [2.75, 3.05) is 19.7 Å². The number of likely N-dealkylation sites (tertiary alicyclic amines) is 1. The van der Waals surface area contributed by atoms with Gasteiger partial charge in [0.05, 0.1) is 18.0 Å². The Hall–Kier alpha value is -1.70. The molecule has 3 aliphatic rings. The van der Waals surface area contributed by atoms with E-state index in [-0.39, 0.29) is 11.5 Å². The van der Waals surface area contributed by atoms with E-state index in [0.29, 0.717) is 6.04 Å². The first-order valence-electron chi connectivity index (χ1n) is 10.4. The molecule has 7 heteroatoms. The smallest absolute Gasteiger partial charge is 0.261 e. The molecule has 6 nitrogen and oxygen atoms in total. The number of nitrogens with one attached hydrogen (secondary N) is 2. The van der Waals surface area contributed by atoms with Crippen LogP contribution in [0.25, 0.3) is 0 Å². The fraction of sp³-hybridized carbons (Fsp3) is 0.619. The minimum atomic E-state index is -0.206. The lowest BCUT2D eigenvalue weighted by Crippen LogP contribution is -2.45. The van der Waals surface area contributed by atoms with Crippen LogP contribution in [-0.2, 0) is 23.3 Å². The van der Waals surface area contributed by atoms with Gasteiger partial charge >= 0.3 is 0 Å². The van der Waals surface area contributed by atoms with Crippen molar-refractivity contribution >= 4 is 17.2 Å². The van der Waals surface area contributed by atoms with Gasteiger partial charge in [0.25, 0.3) is 5.91 Å². The highest BCUT2D eigenvalue weighted by molar-refractivity contribution is 7.14. The normalized spacial score (nSPS) is 22.0. The molecule has 4 heterocycles. The van der Waals surface area contributed by atoms with Crippen LogP contribution in [-0.4, -0.2) is 46.5 Å². The summed E-state index contributed by atoms with van der Waals surface area (Å²) in [5.41, 5.74) is 2.23. The van der Waals surface area contributed by atoms with Crippen LogP contribution in [0.5, 0.6) is 0 Å². The number of H-pyrrole nitrogens is 1. The van der Waals surface area contributed by atoms with Gasteiger partial charge in [-0.1, -0.05) is 0 Å². The van der Waals surface area contributed by atoms with Crippen molar-refractivity contribution < 1.29 is 9.53 Å². The average molecular weight is 401 g/mol. The van der Waals surface area contributed by atoms with Crippen molar-refractivity contribution in [3.63, 3.8) is 0 Å². The number of piperidine rings is 1. The van der Waals surface area contributed by atoms with Gasteiger partial charge in [-0.3, -0.25) is 9.69 Å². The maximum Gasteiger partial charge on any atom is 0.261 e. The van der Waals surface area contributed by atoms with Gasteiger partial charge in [-0.05, 0) is 57.1 Å². The van der Waals surface area contributed by atoms with E-state index in [0.717, 1.165) is 74.7 Å². The topological polar surface area (TPSA) is 70.2 Å². The van der Waals surface area contributed by atoms with Crippen molar-refractivity contribution in [2.45, 2.75) is 63.6 Å². The number of aromatic amines is 1. The molecule has 0 radical (unpaired) electrons. The van der Waals surface area contributed by atoms with Gasteiger partial charge < -0.3 is 15.0 Å². The third kappa shape index (κ3) is 3.40. The van der Waals surface area contributed by atoms with Crippen LogP contribution in [0.2, 0.25) is 0 Å². The van der Waals surface area contributed by atoms with E-state index in [4.69, 9.17) is 4.74 Å². The van der Waals surface area contributed by atoms with Gasteiger partial charge in [-0.25, -0.2) is 4.98 Å². The summed E-state index contributed by atoms with van der Waals surface area (Å²) in [7, 11) is 0. The Bertz CT molecular complexity index is 862. The Morgan fingerprint density at radius 3 is 2.93 bits per heavy atom. The van der Waals surface area contributed by atoms with Crippen LogP contribution >= 0.6 is 11.3 Å². The van der Waals surface area contributed by atoms with Crippen molar-refractivity contribution in [1.29, 1.82) is 0 Å². The van der Waals surface area contributed by atoms with Crippen LogP contribution in [0.4, 0.5) is 0 Å². The number of hydrogen-bond donors (Lipinski definition) is 2. The highest BCUT2D eigenvalue weighted by Crippen LogP contribution is 2.45. The molecule has 0 unspecified atom stereocenters. The van der Waals surface area contributed by atoms with E-state index < -0.39 is 0 Å². The molecule has 1 aliphatic carbocycles. The number of rotatable bonds is 4. The predicted molar refractivity (Wildman–Crippen MR) is 109 cm³/mol. The Morgan fingerprint density at radius 2 is 2.25 bits per heavy atom. The van der Waals surface area contributed by atoms with Crippen molar-refractivity contribution in [3.05, 3.63) is 39.1 Å². The fourth-order valence-electron chi connectivity index (χ4n) is 4.55. The molecule has 1 saturated heterocycles. The summed E-state index contributed by atoms with van der Waals surface area (Å²) in [6.07, 6.45) is 8.23. The van der Waals surface area contributed by atoms with E-state index >= 15 is 0 Å². The molecule has 2 aromatic rings. The Labute approximate surface area is 169 Å². The first-order valence-corrected chi connectivity index (χ1v) is 11.2. The lowest BCUT2D eigenvalue weighted by Gasteiger charge is -2.43. The predicted octanol–water partition coefficient (Wildman–Crippen LogP) is 3.13. The van der Waals surface area contributed by atoms with Gasteiger partial charge in [0.2, 0.25) is 0 Å². The highest BCUT2D eigenvalue weighted by atomic mass is 32.1. The number of nitrogens with zero attached hydrogens (tertiary/aromatic N) is 2. The number of hydrogen-bond acceptors (Lipinski definition) is 5. The van der Waals surface area contributed by atoms with Crippen LogP contribution < -0.4 is 5.32 Å². The summed E-state index contributed by atoms with van der Waals surface area (Å²) in [5, 5.41) is 3.18. The minimum Gasteiger partial charge on any atom is -0.369 e. The molecule has 1 saturated carbocycles. The average Bonchev–Trinajstić information content (AvgIpc) is 3.27. The number of carbonyl (C=O) groups is 1. The molecule has 0 aromatic carbocycles. The minimum absolute atomic E-state index is 0.102. The Balaban J connectivity index is 1.28. The lowest BCUT2D eigenvalue weighted by molar-refractivity contribution is -0.0962. The van der Waals surface area contributed by atoms with Crippen LogP contribution in [0.3, 0.4) is 0 Å². The zero-order valence-electron chi connectivity index (χ0n) is 16.4. The first-order chi connectivity index (χ1) is 13.6. The second-order valence-electron chi connectivity index (χ2n) is 8.45. The van der Waals surface area contributed by atoms with Crippen molar-refractivity contribution in [1.82, 2.24) is 20.2 Å². The first kappa shape index (κ1) is 18.3. The van der Waals surface area contributed by atoms with Crippen LogP contribution in [0.15, 0.2) is 12.3 Å². The molecule has 2 aliphatic heterocycles. The summed E-state index contributed by atoms with van der Waals surface area (Å²) in [5.74, 6) is 1.13. The molecule has 1 amide bonds. The number of thiophene rings is 1. The lowest BCUT2D eigenvalue weighted by atomic mass is 9.85. The second kappa shape index (κ2) is 7.28. The number of fused-ring (bicyclic) bond motifs is 2. The van der Waals surface area contributed by atoms with E-state index in [2.05, 4.69) is 26.3 Å². The molecular weight excluding hydrogens is 372 g/mol. The molecule has 5 rings (SSSR count). The zero-order valence-corrected chi connectivity index (χ0v) is 17.2. The number of aromatic nitrogens is 2. The molecule has 0 bridgehead atoms. The van der Waals surface area contributed by atoms with Crippen LogP contribution in [0.1, 0.15) is 63.7 Å².